The van der Waals surface area contributed by atoms with E-state index in [0.29, 0.717) is 5.82 Å². The fraction of sp³-hybridized carbons (Fsp3) is 0.600. The Morgan fingerprint density at radius 2 is 2.31 bits per heavy atom. The maximum absolute atomic E-state index is 5.40. The van der Waals surface area contributed by atoms with Gasteiger partial charge in [0.05, 0.1) is 0 Å². The second-order valence-electron chi connectivity index (χ2n) is 3.20. The number of anilines is 1. The van der Waals surface area contributed by atoms with E-state index in [1.807, 2.05) is 0 Å². The normalized spacial score (nSPS) is 10.4. The van der Waals surface area contributed by atoms with Gasteiger partial charge >= 0.3 is 0 Å². The number of rotatable bonds is 7. The molecular weight excluding hydrogens is 224 g/mol. The zero-order valence-electron chi connectivity index (χ0n) is 9.69. The molecule has 16 heavy (non-hydrogen) atoms. The second kappa shape index (κ2) is 7.43. The molecule has 6 heteroatoms. The number of nitrogens with zero attached hydrogens (tertiary/aromatic N) is 2. The SMILES string of the molecule is CCc1c(NN)ncnc1SCCCOC. The maximum Gasteiger partial charge on any atom is 0.147 e. The summed E-state index contributed by atoms with van der Waals surface area (Å²) in [6, 6.07) is 0. The van der Waals surface area contributed by atoms with Crippen LogP contribution in [-0.4, -0.2) is 29.4 Å². The number of aromatic nitrogens is 2. The molecule has 0 saturated carbocycles. The number of hydrazine groups is 1. The highest BCUT2D eigenvalue weighted by Gasteiger charge is 2.08. The quantitative estimate of drug-likeness (QED) is 0.248. The predicted molar refractivity (Wildman–Crippen MR) is 66.4 cm³/mol. The van der Waals surface area contributed by atoms with Crippen molar-refractivity contribution in [2.24, 2.45) is 5.84 Å². The third kappa shape index (κ3) is 3.62. The first-order chi connectivity index (χ1) is 7.83. The summed E-state index contributed by atoms with van der Waals surface area (Å²) in [6.45, 7) is 2.85. The summed E-state index contributed by atoms with van der Waals surface area (Å²) >= 11 is 1.71. The smallest absolute Gasteiger partial charge is 0.147 e. The molecule has 0 aliphatic rings. The highest BCUT2D eigenvalue weighted by Crippen LogP contribution is 2.25. The van der Waals surface area contributed by atoms with Gasteiger partial charge in [-0.2, -0.15) is 0 Å². The Balaban J connectivity index is 2.63. The zero-order valence-corrected chi connectivity index (χ0v) is 10.5. The number of hydrogen-bond donors (Lipinski definition) is 2. The van der Waals surface area contributed by atoms with Crippen molar-refractivity contribution in [2.75, 3.05) is 24.9 Å². The van der Waals surface area contributed by atoms with Crippen molar-refractivity contribution in [2.45, 2.75) is 24.8 Å². The predicted octanol–water partition coefficient (Wildman–Crippen LogP) is 1.45. The highest BCUT2D eigenvalue weighted by atomic mass is 32.2. The summed E-state index contributed by atoms with van der Waals surface area (Å²) in [5, 5.41) is 1.00. The van der Waals surface area contributed by atoms with Crippen molar-refractivity contribution in [3.8, 4) is 0 Å². The number of nitrogen functional groups attached to an aromatic ring is 1. The van der Waals surface area contributed by atoms with Crippen molar-refractivity contribution in [1.29, 1.82) is 0 Å². The van der Waals surface area contributed by atoms with Gasteiger partial charge in [0, 0.05) is 25.0 Å². The molecule has 0 fully saturated rings. The molecule has 0 spiro atoms. The van der Waals surface area contributed by atoms with E-state index >= 15 is 0 Å². The molecule has 0 aliphatic carbocycles. The van der Waals surface area contributed by atoms with Gasteiger partial charge in [0.15, 0.2) is 0 Å². The lowest BCUT2D eigenvalue weighted by Crippen LogP contribution is -2.12. The molecule has 1 aromatic rings. The van der Waals surface area contributed by atoms with Gasteiger partial charge in [-0.25, -0.2) is 15.8 Å². The number of hydrogen-bond acceptors (Lipinski definition) is 6. The largest absolute Gasteiger partial charge is 0.385 e. The van der Waals surface area contributed by atoms with E-state index in [1.54, 1.807) is 18.9 Å². The number of methoxy groups -OCH3 is 1. The third-order valence-corrected chi connectivity index (χ3v) is 3.25. The van der Waals surface area contributed by atoms with Crippen LogP contribution in [0, 0.1) is 0 Å². The van der Waals surface area contributed by atoms with Crippen LogP contribution in [0.5, 0.6) is 0 Å². The van der Waals surface area contributed by atoms with Gasteiger partial charge in [0.2, 0.25) is 0 Å². The molecule has 0 radical (unpaired) electrons. The molecule has 0 atom stereocenters. The Bertz CT molecular complexity index is 322. The average molecular weight is 242 g/mol. The van der Waals surface area contributed by atoms with E-state index in [2.05, 4.69) is 22.3 Å². The van der Waals surface area contributed by atoms with Crippen LogP contribution in [0.4, 0.5) is 5.82 Å². The van der Waals surface area contributed by atoms with Crippen LogP contribution < -0.4 is 11.3 Å². The molecule has 3 N–H and O–H groups in total. The lowest BCUT2D eigenvalue weighted by Gasteiger charge is -2.09. The third-order valence-electron chi connectivity index (χ3n) is 2.13. The van der Waals surface area contributed by atoms with Crippen molar-refractivity contribution in [3.05, 3.63) is 11.9 Å². The van der Waals surface area contributed by atoms with Crippen molar-refractivity contribution in [3.63, 3.8) is 0 Å². The van der Waals surface area contributed by atoms with E-state index < -0.39 is 0 Å². The molecule has 1 heterocycles. The molecule has 1 aromatic heterocycles. The summed E-state index contributed by atoms with van der Waals surface area (Å²) in [7, 11) is 1.71. The van der Waals surface area contributed by atoms with Crippen LogP contribution in [0.3, 0.4) is 0 Å². The minimum Gasteiger partial charge on any atom is -0.385 e. The minimum atomic E-state index is 0.715. The molecule has 0 saturated heterocycles. The first-order valence-electron chi connectivity index (χ1n) is 5.25. The summed E-state index contributed by atoms with van der Waals surface area (Å²) < 4.78 is 5.00. The minimum absolute atomic E-state index is 0.715. The Morgan fingerprint density at radius 1 is 1.50 bits per heavy atom. The zero-order chi connectivity index (χ0) is 11.8. The number of thioether (sulfide) groups is 1. The van der Waals surface area contributed by atoms with Gasteiger partial charge < -0.3 is 10.2 Å². The Hall–Kier alpha value is -0.850. The van der Waals surface area contributed by atoms with E-state index in [1.165, 1.54) is 6.33 Å². The topological polar surface area (TPSA) is 73.1 Å². The molecule has 0 amide bonds. The monoisotopic (exact) mass is 242 g/mol. The Labute approximate surface area is 100 Å². The molecular formula is C10H18N4OS. The summed E-state index contributed by atoms with van der Waals surface area (Å²) in [4.78, 5) is 8.36. The number of nitrogens with two attached hydrogens (primary N) is 1. The van der Waals surface area contributed by atoms with Crippen molar-refractivity contribution in [1.82, 2.24) is 9.97 Å². The summed E-state index contributed by atoms with van der Waals surface area (Å²) in [5.74, 6) is 7.10. The Morgan fingerprint density at radius 3 is 2.94 bits per heavy atom. The molecule has 1 rings (SSSR count). The average Bonchev–Trinajstić information content (AvgIpc) is 2.34. The van der Waals surface area contributed by atoms with Gasteiger partial charge in [-0.05, 0) is 12.8 Å². The van der Waals surface area contributed by atoms with Crippen LogP contribution in [0.2, 0.25) is 0 Å². The van der Waals surface area contributed by atoms with Gasteiger partial charge in [-0.3, -0.25) is 0 Å². The molecule has 0 unspecified atom stereocenters. The maximum atomic E-state index is 5.40. The number of ether oxygens (including phenoxy) is 1. The molecule has 5 nitrogen and oxygen atoms in total. The van der Waals surface area contributed by atoms with Gasteiger partial charge in [-0.15, -0.1) is 11.8 Å². The molecule has 0 bridgehead atoms. The lowest BCUT2D eigenvalue weighted by molar-refractivity contribution is 0.200. The van der Waals surface area contributed by atoms with Crippen molar-refractivity contribution >= 4 is 17.6 Å². The lowest BCUT2D eigenvalue weighted by atomic mass is 10.2. The van der Waals surface area contributed by atoms with Crippen LogP contribution in [0.15, 0.2) is 11.4 Å². The fourth-order valence-corrected chi connectivity index (χ4v) is 2.33. The van der Waals surface area contributed by atoms with Crippen molar-refractivity contribution < 1.29 is 4.74 Å². The Kier molecular flexibility index (Phi) is 6.14. The van der Waals surface area contributed by atoms with Crippen LogP contribution in [-0.2, 0) is 11.2 Å². The van der Waals surface area contributed by atoms with Gasteiger partial charge in [0.25, 0.3) is 0 Å². The first kappa shape index (κ1) is 13.2. The van der Waals surface area contributed by atoms with Crippen LogP contribution >= 0.6 is 11.8 Å². The molecule has 90 valence electrons. The van der Waals surface area contributed by atoms with E-state index in [-0.39, 0.29) is 0 Å². The fourth-order valence-electron chi connectivity index (χ4n) is 1.34. The summed E-state index contributed by atoms with van der Waals surface area (Å²) in [5.41, 5.74) is 3.68. The summed E-state index contributed by atoms with van der Waals surface area (Å²) in [6.07, 6.45) is 3.42. The molecule has 0 aromatic carbocycles. The van der Waals surface area contributed by atoms with Crippen LogP contribution in [0.1, 0.15) is 18.9 Å². The number of nitrogens with one attached hydrogen (secondary N) is 1. The van der Waals surface area contributed by atoms with E-state index in [0.717, 1.165) is 35.8 Å². The molecule has 0 aliphatic heterocycles. The second-order valence-corrected chi connectivity index (χ2v) is 4.28. The van der Waals surface area contributed by atoms with E-state index in [4.69, 9.17) is 10.6 Å². The first-order valence-corrected chi connectivity index (χ1v) is 6.24. The van der Waals surface area contributed by atoms with E-state index in [9.17, 15) is 0 Å². The van der Waals surface area contributed by atoms with Gasteiger partial charge in [0.1, 0.15) is 17.2 Å². The van der Waals surface area contributed by atoms with Crippen LogP contribution in [0.25, 0.3) is 0 Å². The standard InChI is InChI=1S/C10H18N4OS/c1-3-8-9(14-11)12-7-13-10(8)16-6-4-5-15-2/h7H,3-6,11H2,1-2H3,(H,12,13,14). The highest BCUT2D eigenvalue weighted by molar-refractivity contribution is 7.99. The van der Waals surface area contributed by atoms with Gasteiger partial charge in [-0.1, -0.05) is 6.92 Å².